The standard InChI is InChI=1S/C5H5NO2.C3H7NO/c1-6-4(7)2-3-5(6)8;1-3(5)4-2/h2-3H,1H3;1-2H3,(H,4,5). The average Bonchev–Trinajstić information content (AvgIpc) is 2.37. The molecule has 0 bridgehead atoms. The lowest BCUT2D eigenvalue weighted by molar-refractivity contribution is -0.135. The number of carbonyl (C=O) groups is 3. The van der Waals surface area contributed by atoms with Crippen LogP contribution in [0.5, 0.6) is 0 Å². The fourth-order valence-electron chi connectivity index (χ4n) is 0.475. The third-order valence-electron chi connectivity index (χ3n) is 1.38. The van der Waals surface area contributed by atoms with E-state index in [1.807, 2.05) is 0 Å². The number of nitrogens with one attached hydrogen (secondary N) is 1. The number of likely N-dealkylation sites (N-methyl/N-ethyl adjacent to an activating group) is 1. The summed E-state index contributed by atoms with van der Waals surface area (Å²) in [7, 11) is 3.05. The molecule has 0 saturated carbocycles. The molecule has 1 N–H and O–H groups in total. The molecule has 0 radical (unpaired) electrons. The minimum atomic E-state index is -0.241. The first kappa shape index (κ1) is 11.4. The third-order valence-corrected chi connectivity index (χ3v) is 1.38. The molecule has 3 amide bonds. The summed E-state index contributed by atoms with van der Waals surface area (Å²) < 4.78 is 0. The number of hydrogen-bond acceptors (Lipinski definition) is 3. The van der Waals surface area contributed by atoms with Crippen LogP contribution in [-0.2, 0) is 14.4 Å². The molecular weight excluding hydrogens is 172 g/mol. The van der Waals surface area contributed by atoms with Gasteiger partial charge in [-0.1, -0.05) is 0 Å². The molecule has 0 unspecified atom stereocenters. The SMILES string of the molecule is CN1C(=O)C=CC1=O.CNC(C)=O. The Hall–Kier alpha value is -1.65. The molecule has 0 fully saturated rings. The second kappa shape index (κ2) is 5.08. The number of carbonyl (C=O) groups excluding carboxylic acids is 3. The van der Waals surface area contributed by atoms with Crippen LogP contribution in [0.25, 0.3) is 0 Å². The molecular formula is C8H12N2O3. The third kappa shape index (κ3) is 4.05. The normalized spacial score (nSPS) is 13.9. The summed E-state index contributed by atoms with van der Waals surface area (Å²) in [5.74, 6) is -0.477. The molecule has 72 valence electrons. The second-order valence-electron chi connectivity index (χ2n) is 2.38. The van der Waals surface area contributed by atoms with E-state index >= 15 is 0 Å². The van der Waals surface area contributed by atoms with Gasteiger partial charge >= 0.3 is 0 Å². The van der Waals surface area contributed by atoms with Crippen molar-refractivity contribution < 1.29 is 14.4 Å². The van der Waals surface area contributed by atoms with Gasteiger partial charge in [0.05, 0.1) is 0 Å². The highest BCUT2D eigenvalue weighted by Gasteiger charge is 2.17. The van der Waals surface area contributed by atoms with Gasteiger partial charge < -0.3 is 5.32 Å². The van der Waals surface area contributed by atoms with Gasteiger partial charge in [0.15, 0.2) is 0 Å². The van der Waals surface area contributed by atoms with Crippen LogP contribution in [0.1, 0.15) is 6.92 Å². The molecule has 0 saturated heterocycles. The number of imide groups is 1. The zero-order valence-electron chi connectivity index (χ0n) is 7.83. The maximum Gasteiger partial charge on any atom is 0.253 e. The van der Waals surface area contributed by atoms with Gasteiger partial charge in [-0.05, 0) is 0 Å². The van der Waals surface area contributed by atoms with Gasteiger partial charge in [-0.15, -0.1) is 0 Å². The maximum atomic E-state index is 10.4. The summed E-state index contributed by atoms with van der Waals surface area (Å²) in [5, 5.41) is 2.39. The van der Waals surface area contributed by atoms with Crippen LogP contribution < -0.4 is 5.32 Å². The van der Waals surface area contributed by atoms with Crippen LogP contribution in [0.15, 0.2) is 12.2 Å². The van der Waals surface area contributed by atoms with E-state index < -0.39 is 0 Å². The van der Waals surface area contributed by atoms with Crippen LogP contribution >= 0.6 is 0 Å². The molecule has 1 aliphatic rings. The van der Waals surface area contributed by atoms with Crippen molar-refractivity contribution in [2.75, 3.05) is 14.1 Å². The number of nitrogens with zero attached hydrogens (tertiary/aromatic N) is 1. The molecule has 13 heavy (non-hydrogen) atoms. The van der Waals surface area contributed by atoms with E-state index in [4.69, 9.17) is 0 Å². The summed E-state index contributed by atoms with van der Waals surface area (Å²) in [5.41, 5.74) is 0. The van der Waals surface area contributed by atoms with Gasteiger partial charge in [0, 0.05) is 33.2 Å². The number of hydrogen-bond donors (Lipinski definition) is 1. The summed E-state index contributed by atoms with van der Waals surface area (Å²) >= 11 is 0. The van der Waals surface area contributed by atoms with Gasteiger partial charge in [0.25, 0.3) is 11.8 Å². The van der Waals surface area contributed by atoms with Crippen molar-refractivity contribution in [1.82, 2.24) is 10.2 Å². The van der Waals surface area contributed by atoms with Crippen LogP contribution in [0, 0.1) is 0 Å². The van der Waals surface area contributed by atoms with Gasteiger partial charge in [-0.25, -0.2) is 0 Å². The van der Waals surface area contributed by atoms with E-state index in [2.05, 4.69) is 5.32 Å². The van der Waals surface area contributed by atoms with Gasteiger partial charge in [-0.3, -0.25) is 19.3 Å². The molecule has 5 nitrogen and oxygen atoms in total. The van der Waals surface area contributed by atoms with Gasteiger partial charge in [0.2, 0.25) is 5.91 Å². The van der Waals surface area contributed by atoms with Crippen molar-refractivity contribution in [3.8, 4) is 0 Å². The molecule has 0 aromatic heterocycles. The topological polar surface area (TPSA) is 66.5 Å². The molecule has 5 heteroatoms. The minimum absolute atomic E-state index is 0.00463. The van der Waals surface area contributed by atoms with Crippen LogP contribution in [0.3, 0.4) is 0 Å². The highest BCUT2D eigenvalue weighted by molar-refractivity contribution is 6.12. The monoisotopic (exact) mass is 184 g/mol. The lowest BCUT2D eigenvalue weighted by Crippen LogP contribution is -2.24. The Labute approximate surface area is 76.4 Å². The Kier molecular flexibility index (Phi) is 4.43. The lowest BCUT2D eigenvalue weighted by Gasteiger charge is -2.01. The molecule has 1 heterocycles. The fraction of sp³-hybridized carbons (Fsp3) is 0.375. The van der Waals surface area contributed by atoms with Crippen molar-refractivity contribution in [1.29, 1.82) is 0 Å². The molecule has 1 rings (SSSR count). The van der Waals surface area contributed by atoms with E-state index in [0.717, 1.165) is 4.90 Å². The summed E-state index contributed by atoms with van der Waals surface area (Å²) in [6.07, 6.45) is 2.50. The molecule has 0 aromatic rings. The lowest BCUT2D eigenvalue weighted by atomic mass is 10.6. The fourth-order valence-corrected chi connectivity index (χ4v) is 0.475. The quantitative estimate of drug-likeness (QED) is 0.506. The summed E-state index contributed by atoms with van der Waals surface area (Å²) in [4.78, 5) is 31.6. The van der Waals surface area contributed by atoms with Crippen LogP contribution in [0.2, 0.25) is 0 Å². The zero-order chi connectivity index (χ0) is 10.4. The Morgan fingerprint density at radius 3 is 1.69 bits per heavy atom. The summed E-state index contributed by atoms with van der Waals surface area (Å²) in [6.45, 7) is 1.47. The van der Waals surface area contributed by atoms with Crippen molar-refractivity contribution in [3.63, 3.8) is 0 Å². The largest absolute Gasteiger partial charge is 0.359 e. The predicted octanol–water partition coefficient (Wildman–Crippen LogP) is -0.707. The van der Waals surface area contributed by atoms with E-state index in [9.17, 15) is 14.4 Å². The average molecular weight is 184 g/mol. The van der Waals surface area contributed by atoms with Crippen LogP contribution in [-0.4, -0.2) is 36.7 Å². The molecule has 0 atom stereocenters. The molecule has 0 aromatic carbocycles. The van der Waals surface area contributed by atoms with Gasteiger partial charge in [0.1, 0.15) is 0 Å². The smallest absolute Gasteiger partial charge is 0.253 e. The van der Waals surface area contributed by atoms with Crippen molar-refractivity contribution in [2.24, 2.45) is 0 Å². The van der Waals surface area contributed by atoms with E-state index in [1.54, 1.807) is 7.05 Å². The number of amides is 3. The minimum Gasteiger partial charge on any atom is -0.359 e. The maximum absolute atomic E-state index is 10.4. The molecule has 0 spiro atoms. The first-order valence-corrected chi connectivity index (χ1v) is 3.67. The van der Waals surface area contributed by atoms with E-state index in [0.29, 0.717) is 0 Å². The Morgan fingerprint density at radius 1 is 1.31 bits per heavy atom. The Morgan fingerprint density at radius 2 is 1.62 bits per heavy atom. The van der Waals surface area contributed by atoms with Crippen molar-refractivity contribution in [3.05, 3.63) is 12.2 Å². The second-order valence-corrected chi connectivity index (χ2v) is 2.38. The predicted molar refractivity (Wildman–Crippen MR) is 46.7 cm³/mol. The Bertz CT molecular complexity index is 240. The van der Waals surface area contributed by atoms with E-state index in [-0.39, 0.29) is 17.7 Å². The van der Waals surface area contributed by atoms with Crippen LogP contribution in [0.4, 0.5) is 0 Å². The molecule has 0 aliphatic carbocycles. The highest BCUT2D eigenvalue weighted by atomic mass is 16.2. The zero-order valence-corrected chi connectivity index (χ0v) is 7.83. The first-order valence-electron chi connectivity index (χ1n) is 3.67. The first-order chi connectivity index (χ1) is 5.99. The Balaban J connectivity index is 0.000000252. The van der Waals surface area contributed by atoms with E-state index in [1.165, 1.54) is 26.1 Å². The molecule has 1 aliphatic heterocycles. The highest BCUT2D eigenvalue weighted by Crippen LogP contribution is 1.97. The number of rotatable bonds is 0. The summed E-state index contributed by atoms with van der Waals surface area (Å²) in [6, 6.07) is 0. The van der Waals surface area contributed by atoms with Gasteiger partial charge in [-0.2, -0.15) is 0 Å². The van der Waals surface area contributed by atoms with Crippen molar-refractivity contribution in [2.45, 2.75) is 6.92 Å². The van der Waals surface area contributed by atoms with Crippen molar-refractivity contribution >= 4 is 17.7 Å².